The number of aromatic nitrogens is 1. The lowest BCUT2D eigenvalue weighted by atomic mass is 9.99. The molecule has 0 bridgehead atoms. The van der Waals surface area contributed by atoms with Crippen molar-refractivity contribution in [1.29, 1.82) is 0 Å². The van der Waals surface area contributed by atoms with E-state index in [4.69, 9.17) is 16.3 Å². The quantitative estimate of drug-likeness (QED) is 0.554. The highest BCUT2D eigenvalue weighted by molar-refractivity contribution is 6.30. The van der Waals surface area contributed by atoms with Gasteiger partial charge in [0.05, 0.1) is 12.6 Å². The first-order valence-corrected chi connectivity index (χ1v) is 9.57. The summed E-state index contributed by atoms with van der Waals surface area (Å²) in [4.78, 5) is 42.6. The van der Waals surface area contributed by atoms with Gasteiger partial charge in [-0.25, -0.2) is 4.79 Å². The van der Waals surface area contributed by atoms with Crippen molar-refractivity contribution in [3.63, 3.8) is 0 Å². The smallest absolute Gasteiger partial charge is 0.355 e. The lowest BCUT2D eigenvalue weighted by Gasteiger charge is -2.27. The number of hydrogen-bond donors (Lipinski definition) is 1. The molecule has 0 saturated heterocycles. The van der Waals surface area contributed by atoms with E-state index in [9.17, 15) is 14.4 Å². The molecule has 0 unspecified atom stereocenters. The molecule has 0 spiro atoms. The number of esters is 1. The first-order valence-electron chi connectivity index (χ1n) is 9.19. The van der Waals surface area contributed by atoms with E-state index < -0.39 is 12.0 Å². The molecule has 0 aliphatic rings. The zero-order chi connectivity index (χ0) is 21.0. The normalized spacial score (nSPS) is 11.8. The number of halogens is 1. The van der Waals surface area contributed by atoms with E-state index in [-0.39, 0.29) is 24.0 Å². The highest BCUT2D eigenvalue weighted by Gasteiger charge is 2.31. The zero-order valence-corrected chi connectivity index (χ0v) is 17.5. The number of amides is 1. The molecule has 1 N–H and O–H groups in total. The van der Waals surface area contributed by atoms with Gasteiger partial charge >= 0.3 is 5.97 Å². The van der Waals surface area contributed by atoms with Crippen LogP contribution in [0.25, 0.3) is 0 Å². The molecule has 7 heteroatoms. The van der Waals surface area contributed by atoms with E-state index in [1.807, 2.05) is 6.92 Å². The molecular formula is C21H25ClN2O4. The van der Waals surface area contributed by atoms with Crippen molar-refractivity contribution in [3.8, 4) is 0 Å². The summed E-state index contributed by atoms with van der Waals surface area (Å²) in [6.45, 7) is 9.27. The van der Waals surface area contributed by atoms with Gasteiger partial charge in [0.25, 0.3) is 5.91 Å². The van der Waals surface area contributed by atoms with Gasteiger partial charge in [0.1, 0.15) is 5.69 Å². The molecule has 6 nitrogen and oxygen atoms in total. The minimum absolute atomic E-state index is 0.231. The third-order valence-corrected chi connectivity index (χ3v) is 4.96. The second-order valence-electron chi connectivity index (χ2n) is 6.48. The van der Waals surface area contributed by atoms with Crippen LogP contribution in [0.5, 0.6) is 0 Å². The Morgan fingerprint density at radius 3 is 2.29 bits per heavy atom. The fourth-order valence-corrected chi connectivity index (χ4v) is 3.36. The molecule has 2 rings (SSSR count). The van der Waals surface area contributed by atoms with E-state index in [2.05, 4.69) is 4.98 Å². The number of H-pyrrole nitrogens is 1. The summed E-state index contributed by atoms with van der Waals surface area (Å²) in [5.74, 6) is -0.984. The maximum absolute atomic E-state index is 13.2. The minimum atomic E-state index is -0.698. The number of ether oxygens (including phenoxy) is 1. The number of carbonyl (C=O) groups is 3. The van der Waals surface area contributed by atoms with Gasteiger partial charge in [0.15, 0.2) is 5.78 Å². The van der Waals surface area contributed by atoms with Crippen molar-refractivity contribution in [3.05, 3.63) is 57.4 Å². The third kappa shape index (κ3) is 4.28. The number of nitrogens with one attached hydrogen (secondary N) is 1. The first kappa shape index (κ1) is 21.7. The number of Topliss-reactive ketones (excluding diaryl/α,β-unsaturated/α-hetero) is 1. The van der Waals surface area contributed by atoms with Crippen LogP contribution in [-0.4, -0.2) is 46.7 Å². The van der Waals surface area contributed by atoms with Crippen LogP contribution >= 0.6 is 11.6 Å². The van der Waals surface area contributed by atoms with Gasteiger partial charge in [-0.1, -0.05) is 11.6 Å². The molecule has 2 aromatic rings. The molecule has 0 fully saturated rings. The average molecular weight is 405 g/mol. The Hall–Kier alpha value is -2.60. The standard InChI is InChI=1S/C21H25ClN2O4/c1-6-24(20(26)15-8-10-16(22)11-9-15)14(5)19(25)17-12(3)18(23-13(17)4)21(27)28-7-2/h8-11,14,23H,6-7H2,1-5H3/t14-/m0/s1. The molecular weight excluding hydrogens is 380 g/mol. The lowest BCUT2D eigenvalue weighted by molar-refractivity contribution is 0.0519. The monoisotopic (exact) mass is 404 g/mol. The van der Waals surface area contributed by atoms with Crippen LogP contribution in [0.3, 0.4) is 0 Å². The summed E-state index contributed by atoms with van der Waals surface area (Å²) < 4.78 is 5.03. The zero-order valence-electron chi connectivity index (χ0n) is 16.8. The predicted octanol–water partition coefficient (Wildman–Crippen LogP) is 4.20. The van der Waals surface area contributed by atoms with Crippen LogP contribution in [0.4, 0.5) is 0 Å². The Kier molecular flexibility index (Phi) is 7.02. The number of nitrogens with zero attached hydrogens (tertiary/aromatic N) is 1. The van der Waals surface area contributed by atoms with E-state index in [0.717, 1.165) is 0 Å². The van der Waals surface area contributed by atoms with Crippen molar-refractivity contribution in [1.82, 2.24) is 9.88 Å². The van der Waals surface area contributed by atoms with Crippen LogP contribution in [0, 0.1) is 13.8 Å². The Bertz CT molecular complexity index is 887. The van der Waals surface area contributed by atoms with Crippen molar-refractivity contribution >= 4 is 29.3 Å². The number of aryl methyl sites for hydroxylation is 1. The van der Waals surface area contributed by atoms with Gasteiger partial charge in [-0.3, -0.25) is 9.59 Å². The van der Waals surface area contributed by atoms with Gasteiger partial charge in [-0.15, -0.1) is 0 Å². The number of ketones is 1. The second kappa shape index (κ2) is 9.06. The summed E-state index contributed by atoms with van der Waals surface area (Å²) in [5.41, 5.74) is 2.25. The molecule has 28 heavy (non-hydrogen) atoms. The van der Waals surface area contributed by atoms with E-state index in [0.29, 0.717) is 34.0 Å². The average Bonchev–Trinajstić information content (AvgIpc) is 2.96. The molecule has 0 saturated carbocycles. The van der Waals surface area contributed by atoms with E-state index >= 15 is 0 Å². The lowest BCUT2D eigenvalue weighted by Crippen LogP contribution is -2.43. The highest BCUT2D eigenvalue weighted by Crippen LogP contribution is 2.23. The minimum Gasteiger partial charge on any atom is -0.461 e. The molecule has 1 heterocycles. The Morgan fingerprint density at radius 2 is 1.75 bits per heavy atom. The molecule has 0 aliphatic carbocycles. The molecule has 150 valence electrons. The molecule has 0 radical (unpaired) electrons. The molecule has 0 aliphatic heterocycles. The number of benzene rings is 1. The Labute approximate surface area is 169 Å². The molecule has 1 atom stereocenters. The number of aromatic amines is 1. The fraction of sp³-hybridized carbons (Fsp3) is 0.381. The molecule has 1 aromatic carbocycles. The van der Waals surface area contributed by atoms with Gasteiger partial charge in [0.2, 0.25) is 0 Å². The number of hydrogen-bond acceptors (Lipinski definition) is 4. The van der Waals surface area contributed by atoms with Crippen molar-refractivity contribution in [2.24, 2.45) is 0 Å². The summed E-state index contributed by atoms with van der Waals surface area (Å²) in [6.07, 6.45) is 0. The Balaban J connectivity index is 2.33. The maximum Gasteiger partial charge on any atom is 0.355 e. The van der Waals surface area contributed by atoms with E-state index in [1.165, 1.54) is 4.90 Å². The highest BCUT2D eigenvalue weighted by atomic mass is 35.5. The van der Waals surface area contributed by atoms with Gasteiger partial charge in [0, 0.05) is 28.4 Å². The summed E-state index contributed by atoms with van der Waals surface area (Å²) in [7, 11) is 0. The summed E-state index contributed by atoms with van der Waals surface area (Å²) in [5, 5.41) is 0.536. The summed E-state index contributed by atoms with van der Waals surface area (Å²) in [6, 6.07) is 5.85. The fourth-order valence-electron chi connectivity index (χ4n) is 3.23. The van der Waals surface area contributed by atoms with Crippen LogP contribution in [0.2, 0.25) is 5.02 Å². The number of rotatable bonds is 7. The number of likely N-dealkylation sites (N-methyl/N-ethyl adjacent to an activating group) is 1. The van der Waals surface area contributed by atoms with Crippen LogP contribution < -0.4 is 0 Å². The molecule has 1 aromatic heterocycles. The predicted molar refractivity (Wildman–Crippen MR) is 108 cm³/mol. The van der Waals surface area contributed by atoms with Crippen molar-refractivity contribution in [2.45, 2.75) is 40.7 Å². The van der Waals surface area contributed by atoms with E-state index in [1.54, 1.807) is 52.0 Å². The van der Waals surface area contributed by atoms with Gasteiger partial charge < -0.3 is 14.6 Å². The first-order chi connectivity index (χ1) is 13.2. The van der Waals surface area contributed by atoms with Crippen LogP contribution in [-0.2, 0) is 4.74 Å². The third-order valence-electron chi connectivity index (χ3n) is 4.70. The Morgan fingerprint density at radius 1 is 1.14 bits per heavy atom. The van der Waals surface area contributed by atoms with Gasteiger partial charge in [-0.05, 0) is 64.4 Å². The molecule has 1 amide bonds. The van der Waals surface area contributed by atoms with Crippen LogP contribution in [0.15, 0.2) is 24.3 Å². The van der Waals surface area contributed by atoms with Crippen LogP contribution in [0.1, 0.15) is 63.2 Å². The number of carbonyl (C=O) groups excluding carboxylic acids is 3. The second-order valence-corrected chi connectivity index (χ2v) is 6.92. The SMILES string of the molecule is CCOC(=O)c1[nH]c(C)c(C(=O)[C@H](C)N(CC)C(=O)c2ccc(Cl)cc2)c1C. The van der Waals surface area contributed by atoms with Crippen molar-refractivity contribution < 1.29 is 19.1 Å². The summed E-state index contributed by atoms with van der Waals surface area (Å²) >= 11 is 5.89. The van der Waals surface area contributed by atoms with Crippen molar-refractivity contribution in [2.75, 3.05) is 13.2 Å². The maximum atomic E-state index is 13.2. The van der Waals surface area contributed by atoms with Gasteiger partial charge in [-0.2, -0.15) is 0 Å². The topological polar surface area (TPSA) is 79.5 Å². The largest absolute Gasteiger partial charge is 0.461 e.